The zero-order valence-electron chi connectivity index (χ0n) is 7.07. The monoisotopic (exact) mass is 169 g/mol. The number of hydrogen-bond acceptors (Lipinski definition) is 2. The van der Waals surface area contributed by atoms with Crippen LogP contribution in [0.25, 0.3) is 0 Å². The summed E-state index contributed by atoms with van der Waals surface area (Å²) in [6.07, 6.45) is 3.40. The predicted octanol–water partition coefficient (Wildman–Crippen LogP) is 2.63. The molecule has 0 saturated carbocycles. The molecule has 13 heavy (non-hydrogen) atoms. The van der Waals surface area contributed by atoms with Crippen molar-refractivity contribution >= 4 is 11.4 Å². The molecule has 2 rings (SSSR count). The van der Waals surface area contributed by atoms with Crippen molar-refractivity contribution in [3.8, 4) is 0 Å². The Balaban J connectivity index is 2.16. The Bertz CT molecular complexity index is 319. The van der Waals surface area contributed by atoms with Gasteiger partial charge in [-0.1, -0.05) is 18.2 Å². The smallest absolute Gasteiger partial charge is 0.0576 e. The second-order valence-corrected chi connectivity index (χ2v) is 2.66. The van der Waals surface area contributed by atoms with Gasteiger partial charge in [-0.05, 0) is 18.2 Å². The van der Waals surface area contributed by atoms with E-state index in [1.54, 1.807) is 12.4 Å². The van der Waals surface area contributed by atoms with E-state index in [0.29, 0.717) is 0 Å². The predicted molar refractivity (Wildman–Crippen MR) is 52.8 cm³/mol. The van der Waals surface area contributed by atoms with Gasteiger partial charge in [-0.15, -0.1) is 0 Å². The number of benzene rings is 1. The fourth-order valence-electron chi connectivity index (χ4n) is 1.08. The summed E-state index contributed by atoms with van der Waals surface area (Å²) in [7, 11) is 0. The van der Waals surface area contributed by atoms with E-state index >= 15 is 0 Å². The molecule has 63 valence electrons. The summed E-state index contributed by atoms with van der Waals surface area (Å²) < 4.78 is 0. The molecular weight excluding hydrogens is 160 g/mol. The number of pyridine rings is 1. The Morgan fingerprint density at radius 2 is 1.92 bits per heavy atom. The minimum atomic E-state index is 0.953. The summed E-state index contributed by atoms with van der Waals surface area (Å²) in [6.45, 7) is 0. The zero-order valence-corrected chi connectivity index (χ0v) is 7.07. The molecule has 0 fully saturated rings. The maximum Gasteiger partial charge on any atom is 0.0576 e. The minimum Gasteiger partial charge on any atom is -0.354 e. The third kappa shape index (κ3) is 2.06. The van der Waals surface area contributed by atoms with Crippen molar-refractivity contribution in [1.82, 2.24) is 4.98 Å². The Morgan fingerprint density at radius 1 is 1.08 bits per heavy atom. The minimum absolute atomic E-state index is 0.953. The topological polar surface area (TPSA) is 24.9 Å². The maximum absolute atomic E-state index is 3.96. The molecule has 0 atom stereocenters. The molecule has 0 saturated heterocycles. The highest BCUT2D eigenvalue weighted by Crippen LogP contribution is 2.13. The number of nitrogens with one attached hydrogen (secondary N) is 1. The van der Waals surface area contributed by atoms with Gasteiger partial charge in [-0.25, -0.2) is 0 Å². The largest absolute Gasteiger partial charge is 0.354 e. The maximum atomic E-state index is 3.96. The Labute approximate surface area is 77.3 Å². The number of hydrogen-bond donors (Lipinski definition) is 1. The van der Waals surface area contributed by atoms with E-state index in [4.69, 9.17) is 0 Å². The third-order valence-corrected chi connectivity index (χ3v) is 1.66. The second kappa shape index (κ2) is 3.72. The van der Waals surface area contributed by atoms with Gasteiger partial charge < -0.3 is 5.32 Å². The van der Waals surface area contributed by atoms with Gasteiger partial charge in [0.05, 0.1) is 11.9 Å². The number of para-hydroxylation sites is 1. The van der Waals surface area contributed by atoms with Crippen molar-refractivity contribution in [2.45, 2.75) is 0 Å². The molecule has 0 spiro atoms. The summed E-state index contributed by atoms with van der Waals surface area (Å²) in [5.74, 6) is 0. The highest BCUT2D eigenvalue weighted by atomic mass is 14.9. The van der Waals surface area contributed by atoms with Crippen molar-refractivity contribution in [2.24, 2.45) is 0 Å². The van der Waals surface area contributed by atoms with Crippen molar-refractivity contribution in [3.05, 3.63) is 54.9 Å². The summed E-state index contributed by atoms with van der Waals surface area (Å²) in [6, 6.07) is 14.7. The third-order valence-electron chi connectivity index (χ3n) is 1.66. The van der Waals surface area contributed by atoms with Gasteiger partial charge in [0.2, 0.25) is 0 Å². The average Bonchev–Trinajstić information content (AvgIpc) is 2.21. The lowest BCUT2D eigenvalue weighted by Crippen LogP contribution is -1.89. The van der Waals surface area contributed by atoms with E-state index < -0.39 is 0 Å². The average molecular weight is 169 g/mol. The lowest BCUT2D eigenvalue weighted by molar-refractivity contribution is 1.32. The quantitative estimate of drug-likeness (QED) is 0.747. The van der Waals surface area contributed by atoms with Crippen LogP contribution in [0.4, 0.5) is 11.4 Å². The van der Waals surface area contributed by atoms with Gasteiger partial charge in [0.1, 0.15) is 0 Å². The van der Waals surface area contributed by atoms with Crippen LogP contribution in [0.2, 0.25) is 0 Å². The van der Waals surface area contributed by atoms with Crippen LogP contribution in [0, 0.1) is 6.07 Å². The molecule has 0 aliphatic heterocycles. The molecule has 0 unspecified atom stereocenters. The van der Waals surface area contributed by atoms with Gasteiger partial charge >= 0.3 is 0 Å². The van der Waals surface area contributed by atoms with Gasteiger partial charge in [-0.3, -0.25) is 4.98 Å². The van der Waals surface area contributed by atoms with Gasteiger partial charge in [0, 0.05) is 18.0 Å². The zero-order chi connectivity index (χ0) is 8.93. The molecule has 2 aromatic rings. The van der Waals surface area contributed by atoms with E-state index in [2.05, 4.69) is 16.4 Å². The highest BCUT2D eigenvalue weighted by molar-refractivity contribution is 5.57. The summed E-state index contributed by atoms with van der Waals surface area (Å²) in [5, 5.41) is 3.21. The first-order valence-electron chi connectivity index (χ1n) is 4.08. The number of anilines is 2. The van der Waals surface area contributed by atoms with Crippen LogP contribution in [0.5, 0.6) is 0 Å². The van der Waals surface area contributed by atoms with E-state index in [1.165, 1.54) is 0 Å². The Morgan fingerprint density at radius 3 is 2.62 bits per heavy atom. The first-order chi connectivity index (χ1) is 6.45. The van der Waals surface area contributed by atoms with E-state index in [-0.39, 0.29) is 0 Å². The normalized spacial score (nSPS) is 9.54. The summed E-state index contributed by atoms with van der Waals surface area (Å²) >= 11 is 0. The first kappa shape index (κ1) is 7.80. The second-order valence-electron chi connectivity index (χ2n) is 2.66. The standard InChI is InChI=1S/C11H9N2/c1-2-5-10(6-3-1)13-11-7-4-8-12-9-11/h1-3,5-9,13H. The van der Waals surface area contributed by atoms with E-state index in [0.717, 1.165) is 11.4 Å². The van der Waals surface area contributed by atoms with Crippen molar-refractivity contribution in [2.75, 3.05) is 5.32 Å². The lowest BCUT2D eigenvalue weighted by Gasteiger charge is -2.03. The highest BCUT2D eigenvalue weighted by Gasteiger charge is 1.90. The molecular formula is C11H9N2. The van der Waals surface area contributed by atoms with Crippen LogP contribution in [0.1, 0.15) is 0 Å². The molecule has 1 radical (unpaired) electrons. The van der Waals surface area contributed by atoms with Crippen molar-refractivity contribution < 1.29 is 0 Å². The van der Waals surface area contributed by atoms with E-state index in [9.17, 15) is 0 Å². The molecule has 1 aromatic carbocycles. The Hall–Kier alpha value is -1.83. The summed E-state index contributed by atoms with van der Waals surface area (Å²) in [4.78, 5) is 3.96. The Kier molecular flexibility index (Phi) is 2.23. The number of nitrogens with zero attached hydrogens (tertiary/aromatic N) is 1. The number of aromatic nitrogens is 1. The molecule has 1 heterocycles. The fraction of sp³-hybridized carbons (Fsp3) is 0. The first-order valence-corrected chi connectivity index (χ1v) is 4.08. The van der Waals surface area contributed by atoms with Crippen molar-refractivity contribution in [3.63, 3.8) is 0 Å². The summed E-state index contributed by atoms with van der Waals surface area (Å²) in [5.41, 5.74) is 2.01. The van der Waals surface area contributed by atoms with Crippen molar-refractivity contribution in [1.29, 1.82) is 0 Å². The molecule has 1 N–H and O–H groups in total. The lowest BCUT2D eigenvalue weighted by atomic mass is 10.3. The SMILES string of the molecule is [c]1cncc(Nc2ccccc2)c1. The molecule has 0 amide bonds. The van der Waals surface area contributed by atoms with Crippen LogP contribution in [0.15, 0.2) is 48.8 Å². The number of rotatable bonds is 2. The molecule has 0 aliphatic carbocycles. The van der Waals surface area contributed by atoms with E-state index in [1.807, 2.05) is 36.4 Å². The molecule has 0 aliphatic rings. The van der Waals surface area contributed by atoms with Crippen LogP contribution < -0.4 is 5.32 Å². The van der Waals surface area contributed by atoms with Crippen LogP contribution in [-0.2, 0) is 0 Å². The van der Waals surface area contributed by atoms with Crippen LogP contribution >= 0.6 is 0 Å². The van der Waals surface area contributed by atoms with Crippen LogP contribution in [-0.4, -0.2) is 4.98 Å². The van der Waals surface area contributed by atoms with Gasteiger partial charge in [-0.2, -0.15) is 0 Å². The van der Waals surface area contributed by atoms with Gasteiger partial charge in [0.25, 0.3) is 0 Å². The van der Waals surface area contributed by atoms with Gasteiger partial charge in [0.15, 0.2) is 0 Å². The fourth-order valence-corrected chi connectivity index (χ4v) is 1.08. The molecule has 1 aromatic heterocycles. The molecule has 2 heteroatoms. The molecule has 0 bridgehead atoms. The molecule has 2 nitrogen and oxygen atoms in total. The van der Waals surface area contributed by atoms with Crippen LogP contribution in [0.3, 0.4) is 0 Å².